The molecule has 16 heteroatoms. The summed E-state index contributed by atoms with van der Waals surface area (Å²) in [5.41, 5.74) is 0.350. The predicted molar refractivity (Wildman–Crippen MR) is 114 cm³/mol. The standard InChI is InChI=1S/C25H30O12.4Na/c1-4-11-37-25(36)16(14(5-2)13-9-7-6-8-10-13)18(23(32)33)19(24(34)35)17(22(30)31)15(21(28)29)12(3)20(26)27;;;;/h1,6-10,12,14-19H,4-5,11H2,2-3H3,(H,26,27)(H,28,29)(H,30,31)(H,32,33)(H,34,35);;;;/q;4*+1/p-4. The molecule has 0 amide bonds. The number of carbonyl (C=O) groups excluding carboxylic acids is 5. The van der Waals surface area contributed by atoms with Crippen LogP contribution in [0.3, 0.4) is 0 Å². The second kappa shape index (κ2) is 23.4. The summed E-state index contributed by atoms with van der Waals surface area (Å²) in [6, 6.07) is 7.72. The number of esters is 1. The minimum atomic E-state index is -2.80. The van der Waals surface area contributed by atoms with Crippen LogP contribution >= 0.6 is 0 Å². The van der Waals surface area contributed by atoms with Gasteiger partial charge in [-0.05, 0) is 31.2 Å². The van der Waals surface area contributed by atoms with Gasteiger partial charge in [0.25, 0.3) is 0 Å². The van der Waals surface area contributed by atoms with Gasteiger partial charge >= 0.3 is 130 Å². The molecule has 7 atom stereocenters. The maximum absolute atomic E-state index is 13.1. The monoisotopic (exact) mass is 610 g/mol. The molecule has 0 saturated carbocycles. The zero-order valence-electron chi connectivity index (χ0n) is 24.1. The average Bonchev–Trinajstić information content (AvgIpc) is 2.82. The van der Waals surface area contributed by atoms with Crippen LogP contribution in [0.5, 0.6) is 0 Å². The van der Waals surface area contributed by atoms with E-state index in [4.69, 9.17) is 11.7 Å². The average molecular weight is 610 g/mol. The van der Waals surface area contributed by atoms with Crippen LogP contribution < -0.4 is 139 Å². The molecular weight excluding hydrogens is 584 g/mol. The van der Waals surface area contributed by atoms with Crippen molar-refractivity contribution in [3.63, 3.8) is 0 Å². The van der Waals surface area contributed by atoms with Crippen LogP contribution in [-0.2, 0) is 33.5 Å². The molecule has 0 aliphatic carbocycles. The number of carbonyl (C=O) groups is 6. The Balaban J connectivity index is -0.00000171. The van der Waals surface area contributed by atoms with Gasteiger partial charge in [-0.25, -0.2) is 0 Å². The Morgan fingerprint density at radius 3 is 1.49 bits per heavy atom. The summed E-state index contributed by atoms with van der Waals surface area (Å²) < 4.78 is 5.00. The van der Waals surface area contributed by atoms with E-state index in [0.29, 0.717) is 5.56 Å². The molecule has 202 valence electrons. The van der Waals surface area contributed by atoms with E-state index in [-0.39, 0.29) is 131 Å². The fourth-order valence-corrected chi connectivity index (χ4v) is 4.58. The first-order valence-corrected chi connectivity index (χ1v) is 11.3. The molecule has 41 heavy (non-hydrogen) atoms. The van der Waals surface area contributed by atoms with Gasteiger partial charge in [0.1, 0.15) is 0 Å². The van der Waals surface area contributed by atoms with Gasteiger partial charge in [0.2, 0.25) is 0 Å². The van der Waals surface area contributed by atoms with Crippen molar-refractivity contribution in [2.24, 2.45) is 35.5 Å². The topological polar surface area (TPSA) is 224 Å². The Morgan fingerprint density at radius 1 is 0.756 bits per heavy atom. The molecule has 0 spiro atoms. The second-order valence-corrected chi connectivity index (χ2v) is 8.41. The summed E-state index contributed by atoms with van der Waals surface area (Å²) in [7, 11) is 0. The van der Waals surface area contributed by atoms with Crippen molar-refractivity contribution >= 4 is 35.8 Å². The van der Waals surface area contributed by atoms with Crippen molar-refractivity contribution < 1.29 is 177 Å². The maximum atomic E-state index is 13.1. The van der Waals surface area contributed by atoms with Gasteiger partial charge in [-0.1, -0.05) is 44.2 Å². The molecule has 2 radical (unpaired) electrons. The Labute approximate surface area is 326 Å². The molecule has 1 aromatic carbocycles. The normalized spacial score (nSPS) is 15.1. The van der Waals surface area contributed by atoms with E-state index in [1.54, 1.807) is 18.2 Å². The molecule has 0 bridgehead atoms. The summed E-state index contributed by atoms with van der Waals surface area (Å²) in [5.74, 6) is -28.2. The van der Waals surface area contributed by atoms with Gasteiger partial charge in [-0.15, -0.1) is 0 Å². The molecule has 0 saturated heterocycles. The van der Waals surface area contributed by atoms with E-state index in [1.807, 2.05) is 0 Å². The number of ether oxygens (including phenoxy) is 1. The molecule has 0 fully saturated rings. The largest absolute Gasteiger partial charge is 1.00 e. The van der Waals surface area contributed by atoms with E-state index >= 15 is 0 Å². The summed E-state index contributed by atoms with van der Waals surface area (Å²) in [5, 5.41) is 57.9. The van der Waals surface area contributed by atoms with Crippen LogP contribution in [0.2, 0.25) is 0 Å². The first kappa shape index (κ1) is 48.0. The predicted octanol–water partition coefficient (Wildman–Crippen LogP) is -15.4. The van der Waals surface area contributed by atoms with Crippen molar-refractivity contribution in [2.75, 3.05) is 6.61 Å². The third kappa shape index (κ3) is 13.3. The third-order valence-electron chi connectivity index (χ3n) is 6.30. The fraction of sp³-hybridized carbons (Fsp3) is 0.480. The summed E-state index contributed by atoms with van der Waals surface area (Å²) in [6.07, 6.45) is -0.174. The van der Waals surface area contributed by atoms with Crippen molar-refractivity contribution in [2.45, 2.75) is 32.6 Å². The minimum absolute atomic E-state index is 0. The van der Waals surface area contributed by atoms with Crippen molar-refractivity contribution in [1.82, 2.24) is 0 Å². The number of hydrogen-bond acceptors (Lipinski definition) is 11. The molecule has 12 nitrogen and oxygen atoms in total. The number of hydrogen-bond donors (Lipinski definition) is 1. The molecular formula is C25H26Na4O12. The third-order valence-corrected chi connectivity index (χ3v) is 6.30. The Kier molecular flexibility index (Phi) is 27.4. The minimum Gasteiger partial charge on any atom is -0.550 e. The van der Waals surface area contributed by atoms with Gasteiger partial charge < -0.3 is 49.4 Å². The molecule has 0 aliphatic heterocycles. The van der Waals surface area contributed by atoms with Crippen LogP contribution in [0.1, 0.15) is 38.2 Å². The molecule has 1 N–H and O–H groups in total. The van der Waals surface area contributed by atoms with Gasteiger partial charge in [0.05, 0.1) is 18.4 Å². The zero-order chi connectivity index (χ0) is 28.4. The van der Waals surface area contributed by atoms with E-state index in [2.05, 4.69) is 0 Å². The van der Waals surface area contributed by atoms with E-state index in [9.17, 15) is 54.3 Å². The molecule has 1 aromatic rings. The number of rotatable bonds is 16. The Morgan fingerprint density at radius 2 is 1.15 bits per heavy atom. The molecule has 0 aromatic heterocycles. The van der Waals surface area contributed by atoms with Crippen molar-refractivity contribution in [3.8, 4) is 0 Å². The number of carboxylic acids is 5. The van der Waals surface area contributed by atoms with Crippen LogP contribution in [0.15, 0.2) is 30.3 Å². The van der Waals surface area contributed by atoms with Gasteiger partial charge in [0, 0.05) is 47.5 Å². The molecule has 7 unspecified atom stereocenters. The summed E-state index contributed by atoms with van der Waals surface area (Å²) >= 11 is 0. The van der Waals surface area contributed by atoms with Crippen LogP contribution in [0, 0.1) is 42.4 Å². The first-order valence-electron chi connectivity index (χ1n) is 11.3. The van der Waals surface area contributed by atoms with E-state index < -0.39 is 83.8 Å². The maximum Gasteiger partial charge on any atom is 1.00 e. The second-order valence-electron chi connectivity index (χ2n) is 8.41. The first-order chi connectivity index (χ1) is 17.3. The van der Waals surface area contributed by atoms with Gasteiger partial charge in [-0.3, -0.25) is 9.59 Å². The molecule has 0 aliphatic rings. The Hall–Kier alpha value is 0.0400. The van der Waals surface area contributed by atoms with Crippen LogP contribution in [0.25, 0.3) is 0 Å². The number of carboxylic acid groups (broad SMARTS) is 5. The van der Waals surface area contributed by atoms with Crippen molar-refractivity contribution in [1.29, 1.82) is 0 Å². The number of aliphatic carboxylic acids is 5. The van der Waals surface area contributed by atoms with E-state index in [0.717, 1.165) is 6.92 Å². The quantitative estimate of drug-likeness (QED) is 0.136. The van der Waals surface area contributed by atoms with Crippen molar-refractivity contribution in [3.05, 3.63) is 42.8 Å². The summed E-state index contributed by atoms with van der Waals surface area (Å²) in [4.78, 5) is 73.2. The number of benzene rings is 1. The van der Waals surface area contributed by atoms with E-state index in [1.165, 1.54) is 19.1 Å². The van der Waals surface area contributed by atoms with Gasteiger partial charge in [-0.2, -0.15) is 0 Å². The molecule has 0 heterocycles. The van der Waals surface area contributed by atoms with Crippen LogP contribution in [0.4, 0.5) is 0 Å². The smallest absolute Gasteiger partial charge is 0.550 e. The van der Waals surface area contributed by atoms with Gasteiger partial charge in [0.15, 0.2) is 0 Å². The molecule has 1 rings (SSSR count). The Bertz CT molecular complexity index is 1010. The zero-order valence-corrected chi connectivity index (χ0v) is 32.1. The van der Waals surface area contributed by atoms with Crippen LogP contribution in [-0.4, -0.2) is 47.5 Å². The SMILES string of the molecule is [CH]CCOC(=O)C(C(CC)c1ccccc1)C(C(=O)[O-])C(C(=O)[O-])C(C(=O)[O-])C(C(=O)[O-])C(C)C(=O)O.[Na+].[Na+].[Na+].[Na+]. The fourth-order valence-electron chi connectivity index (χ4n) is 4.58. The summed E-state index contributed by atoms with van der Waals surface area (Å²) in [6.45, 7) is 7.24.